The Labute approximate surface area is 359 Å². The lowest BCUT2D eigenvalue weighted by Crippen LogP contribution is -2.52. The Balaban J connectivity index is 0.822. The number of fused-ring (bicyclic) bond motifs is 4. The fraction of sp³-hybridized carbons (Fsp3) is 0.286. The highest BCUT2D eigenvalue weighted by atomic mass is 16.6. The Kier molecular flexibility index (Phi) is 13.1. The van der Waals surface area contributed by atoms with Crippen molar-refractivity contribution in [3.63, 3.8) is 0 Å². The van der Waals surface area contributed by atoms with Crippen molar-refractivity contribution in [3.8, 4) is 17.2 Å². The normalized spacial score (nSPS) is 17.8. The zero-order chi connectivity index (χ0) is 43.0. The molecular weight excluding hydrogens is 789 g/mol. The van der Waals surface area contributed by atoms with Crippen molar-refractivity contribution < 1.29 is 38.7 Å². The smallest absolute Gasteiger partial charge is 0.408 e. The Morgan fingerprint density at radius 1 is 0.855 bits per heavy atom. The molecule has 0 aliphatic carbocycles. The number of hydrogen-bond acceptors (Lipinski definition) is 11. The number of ether oxygens (including phenoxy) is 4. The molecular formula is C49H50N4O9. The first kappa shape index (κ1) is 42.0. The van der Waals surface area contributed by atoms with Gasteiger partial charge in [0, 0.05) is 36.7 Å². The quantitative estimate of drug-likeness (QED) is 0.0642. The molecule has 62 heavy (non-hydrogen) atoms. The molecule has 13 heteroatoms. The molecule has 0 spiro atoms. The maximum absolute atomic E-state index is 13.2. The molecule has 1 unspecified atom stereocenters. The van der Waals surface area contributed by atoms with Crippen LogP contribution < -0.4 is 25.7 Å². The van der Waals surface area contributed by atoms with Gasteiger partial charge in [-0.15, -0.1) is 0 Å². The number of piperidine rings is 3. The van der Waals surface area contributed by atoms with E-state index in [1.54, 1.807) is 31.4 Å². The molecule has 320 valence electrons. The Hall–Kier alpha value is -6.67. The molecule has 3 atom stereocenters. The summed E-state index contributed by atoms with van der Waals surface area (Å²) in [7, 11) is 1.56. The van der Waals surface area contributed by atoms with E-state index in [1.807, 2.05) is 84.9 Å². The van der Waals surface area contributed by atoms with Gasteiger partial charge in [0.2, 0.25) is 5.56 Å². The molecule has 9 rings (SSSR count). The summed E-state index contributed by atoms with van der Waals surface area (Å²) in [5.74, 6) is 1.10. The summed E-state index contributed by atoms with van der Waals surface area (Å²) in [4.78, 5) is 43.0. The van der Waals surface area contributed by atoms with Gasteiger partial charge in [0.1, 0.15) is 36.6 Å². The summed E-state index contributed by atoms with van der Waals surface area (Å²) < 4.78 is 23.4. The summed E-state index contributed by atoms with van der Waals surface area (Å²) in [6.45, 7) is 3.82. The first-order valence-electron chi connectivity index (χ1n) is 20.8. The number of hydrogen-bond donors (Lipinski definition) is 5. The van der Waals surface area contributed by atoms with Gasteiger partial charge < -0.3 is 44.8 Å². The number of rotatable bonds is 16. The average Bonchev–Trinajstić information content (AvgIpc) is 3.30. The number of phenolic OH excluding ortho intramolecular Hbond substituents is 1. The van der Waals surface area contributed by atoms with Crippen LogP contribution in [-0.4, -0.2) is 71.6 Å². The molecule has 6 aromatic rings. The van der Waals surface area contributed by atoms with Crippen LogP contribution in [0.15, 0.2) is 126 Å². The number of esters is 1. The monoisotopic (exact) mass is 838 g/mol. The largest absolute Gasteiger partial charge is 0.506 e. The van der Waals surface area contributed by atoms with Crippen LogP contribution in [0.5, 0.6) is 17.2 Å². The van der Waals surface area contributed by atoms with E-state index in [4.69, 9.17) is 18.9 Å². The maximum Gasteiger partial charge on any atom is 0.408 e. The highest BCUT2D eigenvalue weighted by Crippen LogP contribution is 2.32. The lowest BCUT2D eigenvalue weighted by molar-refractivity contribution is -0.0336. The number of carbonyl (C=O) groups is 2. The van der Waals surface area contributed by atoms with Crippen molar-refractivity contribution in [1.29, 1.82) is 0 Å². The van der Waals surface area contributed by atoms with Gasteiger partial charge in [0.15, 0.2) is 0 Å². The molecule has 0 saturated carbocycles. The number of aromatic amines is 1. The number of aromatic hydroxyl groups is 1. The number of aliphatic hydroxyl groups is 1. The number of amides is 1. The number of benzene rings is 5. The lowest BCUT2D eigenvalue weighted by Gasteiger charge is -2.43. The van der Waals surface area contributed by atoms with E-state index in [1.165, 1.54) is 12.1 Å². The molecule has 4 heterocycles. The second kappa shape index (κ2) is 19.4. The van der Waals surface area contributed by atoms with Crippen LogP contribution in [0.25, 0.3) is 10.9 Å². The SMILES string of the molecule is COc1cc(COC(=O)c2ccc(COc3cccc(C(NC(=O)O[C@H]4CN5CCC4CC5)c4ccccc4)c3)cc2)ccc1CNC[C@@H](O)c1ccc(O)c2[nH]c(=O)ccc12. The number of phenols is 1. The highest BCUT2D eigenvalue weighted by molar-refractivity contribution is 5.89. The van der Waals surface area contributed by atoms with Gasteiger partial charge in [-0.2, -0.15) is 0 Å². The number of alkyl carbamates (subject to hydrolysis) is 1. The van der Waals surface area contributed by atoms with E-state index in [0.29, 0.717) is 40.5 Å². The maximum atomic E-state index is 13.2. The third-order valence-corrected chi connectivity index (χ3v) is 11.7. The summed E-state index contributed by atoms with van der Waals surface area (Å²) >= 11 is 0. The minimum absolute atomic E-state index is 0.0368. The fourth-order valence-corrected chi connectivity index (χ4v) is 8.29. The van der Waals surface area contributed by atoms with Gasteiger partial charge in [-0.3, -0.25) is 9.69 Å². The number of aliphatic hydroxyl groups excluding tert-OH is 1. The Morgan fingerprint density at radius 3 is 2.39 bits per heavy atom. The van der Waals surface area contributed by atoms with Gasteiger partial charge in [-0.05, 0) is 102 Å². The Bertz CT molecular complexity index is 2560. The summed E-state index contributed by atoms with van der Waals surface area (Å²) in [5, 5.41) is 28.0. The van der Waals surface area contributed by atoms with E-state index in [-0.39, 0.29) is 42.7 Å². The van der Waals surface area contributed by atoms with Crippen molar-refractivity contribution in [2.45, 2.75) is 50.8 Å². The lowest BCUT2D eigenvalue weighted by atomic mass is 9.86. The molecule has 13 nitrogen and oxygen atoms in total. The van der Waals surface area contributed by atoms with Crippen molar-refractivity contribution in [2.24, 2.45) is 5.92 Å². The number of aromatic nitrogens is 1. The predicted octanol–water partition coefficient (Wildman–Crippen LogP) is 6.91. The fourth-order valence-electron chi connectivity index (χ4n) is 8.29. The van der Waals surface area contributed by atoms with Gasteiger partial charge in [0.25, 0.3) is 0 Å². The van der Waals surface area contributed by atoms with Crippen LogP contribution in [0.1, 0.15) is 68.7 Å². The van der Waals surface area contributed by atoms with Gasteiger partial charge in [-0.25, -0.2) is 9.59 Å². The summed E-state index contributed by atoms with van der Waals surface area (Å²) in [6.07, 6.45) is 0.685. The molecule has 5 N–H and O–H groups in total. The van der Waals surface area contributed by atoms with Crippen LogP contribution in [0.2, 0.25) is 0 Å². The molecule has 3 aliphatic heterocycles. The Morgan fingerprint density at radius 2 is 1.63 bits per heavy atom. The topological polar surface area (TPSA) is 172 Å². The first-order valence-corrected chi connectivity index (χ1v) is 20.8. The van der Waals surface area contributed by atoms with Crippen molar-refractivity contribution in [3.05, 3.63) is 171 Å². The highest BCUT2D eigenvalue weighted by Gasteiger charge is 2.37. The molecule has 1 amide bonds. The number of H-pyrrole nitrogens is 1. The van der Waals surface area contributed by atoms with Crippen LogP contribution >= 0.6 is 0 Å². The molecule has 1 aromatic heterocycles. The molecule has 3 aliphatic rings. The number of methoxy groups -OCH3 is 1. The number of carbonyl (C=O) groups excluding carboxylic acids is 2. The van der Waals surface area contributed by atoms with E-state index in [9.17, 15) is 24.6 Å². The summed E-state index contributed by atoms with van der Waals surface area (Å²) in [6, 6.07) is 35.6. The molecule has 3 fully saturated rings. The van der Waals surface area contributed by atoms with E-state index in [0.717, 1.165) is 60.3 Å². The van der Waals surface area contributed by atoms with Crippen LogP contribution in [0, 0.1) is 5.92 Å². The zero-order valence-electron chi connectivity index (χ0n) is 34.4. The van der Waals surface area contributed by atoms with E-state index < -0.39 is 24.2 Å². The first-order chi connectivity index (χ1) is 30.2. The molecule has 5 aromatic carbocycles. The summed E-state index contributed by atoms with van der Waals surface area (Å²) in [5.41, 5.74) is 5.13. The predicted molar refractivity (Wildman–Crippen MR) is 233 cm³/mol. The third-order valence-electron chi connectivity index (χ3n) is 11.7. The molecule has 3 saturated heterocycles. The van der Waals surface area contributed by atoms with Crippen LogP contribution in [0.3, 0.4) is 0 Å². The van der Waals surface area contributed by atoms with Gasteiger partial charge >= 0.3 is 12.1 Å². The minimum atomic E-state index is -0.909. The second-order valence-electron chi connectivity index (χ2n) is 15.8. The van der Waals surface area contributed by atoms with Gasteiger partial charge in [0.05, 0.1) is 30.3 Å². The standard InChI is InChI=1S/C49H50N4O9/c1-59-43-24-32(12-15-37(43)26-50-27-42(55)39-16-18-41(54)47-40(39)17-19-45(56)51-47)30-61-48(57)35-13-10-31(11-14-35)29-60-38-9-5-8-36(25-38)46(34-6-3-2-4-7-34)52-49(58)62-44-28-53-22-20-33(44)21-23-53/h2-19,24-25,33,42,44,46,50,54-55H,20-23,26-30H2,1H3,(H,51,56)(H,52,58)/t42-,44+,46?/m1/s1. The van der Waals surface area contributed by atoms with Crippen LogP contribution in [-0.2, 0) is 29.2 Å². The van der Waals surface area contributed by atoms with Crippen molar-refractivity contribution >= 4 is 23.0 Å². The van der Waals surface area contributed by atoms with Gasteiger partial charge in [-0.1, -0.05) is 72.8 Å². The second-order valence-corrected chi connectivity index (χ2v) is 15.8. The van der Waals surface area contributed by atoms with Crippen molar-refractivity contribution in [1.82, 2.24) is 20.5 Å². The number of pyridine rings is 1. The van der Waals surface area contributed by atoms with Crippen molar-refractivity contribution in [2.75, 3.05) is 33.3 Å². The van der Waals surface area contributed by atoms with Crippen LogP contribution in [0.4, 0.5) is 4.79 Å². The van der Waals surface area contributed by atoms with E-state index >= 15 is 0 Å². The third kappa shape index (κ3) is 10.1. The zero-order valence-corrected chi connectivity index (χ0v) is 34.4. The molecule has 0 radical (unpaired) electrons. The molecule has 2 bridgehead atoms. The van der Waals surface area contributed by atoms with E-state index in [2.05, 4.69) is 20.5 Å². The average molecular weight is 839 g/mol. The minimum Gasteiger partial charge on any atom is -0.506 e. The number of nitrogens with one attached hydrogen (secondary N) is 3. The number of nitrogens with zero attached hydrogens (tertiary/aromatic N) is 1.